The topological polar surface area (TPSA) is 99.3 Å². The molecule has 3 saturated heterocycles. The van der Waals surface area contributed by atoms with Crippen LogP contribution in [0.3, 0.4) is 0 Å². The van der Waals surface area contributed by atoms with Crippen LogP contribution in [0.2, 0.25) is 0 Å². The van der Waals surface area contributed by atoms with Gasteiger partial charge in [-0.2, -0.15) is 0 Å². The zero-order valence-electron chi connectivity index (χ0n) is 24.7. The first-order valence-corrected chi connectivity index (χ1v) is 15.9. The monoisotopic (exact) mass is 598 g/mol. The molecule has 6 aliphatic rings. The van der Waals surface area contributed by atoms with Crippen molar-refractivity contribution in [2.75, 3.05) is 26.2 Å². The second kappa shape index (κ2) is 10.5. The average Bonchev–Trinajstić information content (AvgIpc) is 3.62. The molecule has 2 aliphatic carbocycles. The minimum Gasteiger partial charge on any atom is -0.489 e. The number of imide groups is 1. The lowest BCUT2D eigenvalue weighted by Gasteiger charge is -2.53. The van der Waals surface area contributed by atoms with Crippen LogP contribution in [-0.2, 0) is 20.9 Å². The van der Waals surface area contributed by atoms with Gasteiger partial charge in [0.05, 0.1) is 0 Å². The number of likely N-dealkylation sites (tertiary alicyclic amines) is 2. The molecule has 4 amide bonds. The molecule has 1 aromatic carbocycles. The van der Waals surface area contributed by atoms with Gasteiger partial charge >= 0.3 is 0 Å². The van der Waals surface area contributed by atoms with Crippen LogP contribution in [0.5, 0.6) is 5.75 Å². The molecular weight excluding hydrogens is 558 g/mol. The van der Waals surface area contributed by atoms with Gasteiger partial charge in [0.2, 0.25) is 17.7 Å². The molecule has 4 aliphatic heterocycles. The van der Waals surface area contributed by atoms with E-state index in [2.05, 4.69) is 5.32 Å². The number of halogens is 2. The van der Waals surface area contributed by atoms with E-state index in [-0.39, 0.29) is 48.9 Å². The number of alkyl halides is 2. The number of nitrogens with zero attached hydrogens (tertiary/aromatic N) is 3. The van der Waals surface area contributed by atoms with Crippen molar-refractivity contribution in [3.63, 3.8) is 0 Å². The Kier molecular flexibility index (Phi) is 7.02. The molecule has 43 heavy (non-hydrogen) atoms. The summed E-state index contributed by atoms with van der Waals surface area (Å²) in [4.78, 5) is 55.1. The number of carbonyl (C=O) groups is 4. The molecular formula is C32H40F2N4O5. The van der Waals surface area contributed by atoms with E-state index >= 15 is 8.78 Å². The maximum atomic E-state index is 15.4. The van der Waals surface area contributed by atoms with Gasteiger partial charge in [-0.05, 0) is 80.5 Å². The summed E-state index contributed by atoms with van der Waals surface area (Å²) in [7, 11) is 0. The van der Waals surface area contributed by atoms with Crippen molar-refractivity contribution in [2.45, 2.75) is 95.4 Å². The molecule has 1 N–H and O–H groups in total. The largest absolute Gasteiger partial charge is 0.489 e. The van der Waals surface area contributed by atoms with Gasteiger partial charge in [0.15, 0.2) is 0 Å². The summed E-state index contributed by atoms with van der Waals surface area (Å²) in [5.74, 6) is -2.41. The van der Waals surface area contributed by atoms with Crippen molar-refractivity contribution in [1.29, 1.82) is 0 Å². The third-order valence-corrected chi connectivity index (χ3v) is 10.9. The third-order valence-electron chi connectivity index (χ3n) is 10.9. The van der Waals surface area contributed by atoms with Crippen LogP contribution < -0.4 is 10.1 Å². The van der Waals surface area contributed by atoms with E-state index in [1.165, 1.54) is 4.90 Å². The van der Waals surface area contributed by atoms with Gasteiger partial charge in [-0.15, -0.1) is 0 Å². The van der Waals surface area contributed by atoms with E-state index in [1.807, 2.05) is 16.7 Å². The standard InChI is InChI=1S/C32H40F2N4O5/c1-31(11-12-31)30(42)36-13-8-19(9-14-36)21-16-37(17-21)27-25(3-2-10-32(27,33)34)43-22-4-5-23-20(15-22)18-38(29(23)41)24-6-7-26(39)35-28(24)40/h4-5,15,19,21,24-25,27H,2-3,6-14,16-18H2,1H3,(H,35,39,40)/t24?,25-,27-/m0/s1. The smallest absolute Gasteiger partial charge is 0.266 e. The highest BCUT2D eigenvalue weighted by Gasteiger charge is 2.55. The van der Waals surface area contributed by atoms with Crippen LogP contribution in [0.25, 0.3) is 0 Å². The number of nitrogens with one attached hydrogen (secondary N) is 1. The highest BCUT2D eigenvalue weighted by Crippen LogP contribution is 2.48. The number of hydrogen-bond donors (Lipinski definition) is 1. The lowest BCUT2D eigenvalue weighted by atomic mass is 9.76. The van der Waals surface area contributed by atoms with Crippen molar-refractivity contribution in [1.82, 2.24) is 20.0 Å². The number of piperidine rings is 2. The molecule has 5 fully saturated rings. The van der Waals surface area contributed by atoms with Crippen molar-refractivity contribution < 1.29 is 32.7 Å². The minimum absolute atomic E-state index is 0.150. The Morgan fingerprint density at radius 1 is 1.00 bits per heavy atom. The van der Waals surface area contributed by atoms with Gasteiger partial charge in [0.25, 0.3) is 11.8 Å². The van der Waals surface area contributed by atoms with Crippen molar-refractivity contribution in [3.8, 4) is 5.75 Å². The molecule has 0 radical (unpaired) electrons. The summed E-state index contributed by atoms with van der Waals surface area (Å²) in [6, 6.07) is 3.32. The summed E-state index contributed by atoms with van der Waals surface area (Å²) < 4.78 is 37.1. The first-order valence-electron chi connectivity index (χ1n) is 15.9. The molecule has 9 nitrogen and oxygen atoms in total. The first kappa shape index (κ1) is 28.7. The van der Waals surface area contributed by atoms with Crippen molar-refractivity contribution >= 4 is 23.6 Å². The fourth-order valence-corrected chi connectivity index (χ4v) is 7.97. The van der Waals surface area contributed by atoms with Gasteiger partial charge in [-0.1, -0.05) is 6.92 Å². The number of carbonyl (C=O) groups excluding carboxylic acids is 4. The average molecular weight is 599 g/mol. The molecule has 0 bridgehead atoms. The Morgan fingerprint density at radius 3 is 2.44 bits per heavy atom. The molecule has 3 atom stereocenters. The van der Waals surface area contributed by atoms with Crippen LogP contribution in [0, 0.1) is 17.3 Å². The van der Waals surface area contributed by atoms with E-state index < -0.39 is 30.0 Å². The van der Waals surface area contributed by atoms with Crippen LogP contribution in [0.15, 0.2) is 18.2 Å². The summed E-state index contributed by atoms with van der Waals surface area (Å²) in [6.07, 6.45) is 4.36. The molecule has 1 aromatic rings. The van der Waals surface area contributed by atoms with Crippen molar-refractivity contribution in [2.24, 2.45) is 17.3 Å². The maximum Gasteiger partial charge on any atom is 0.266 e. The van der Waals surface area contributed by atoms with E-state index in [0.29, 0.717) is 54.6 Å². The Balaban J connectivity index is 0.982. The molecule has 7 rings (SSSR count). The summed E-state index contributed by atoms with van der Waals surface area (Å²) in [6.45, 7) is 5.03. The molecule has 1 unspecified atom stereocenters. The highest BCUT2D eigenvalue weighted by atomic mass is 19.3. The number of benzene rings is 1. The molecule has 2 saturated carbocycles. The Hall–Kier alpha value is -3.08. The summed E-state index contributed by atoms with van der Waals surface area (Å²) in [5, 5.41) is 2.30. The SMILES string of the molecule is CC1(C(=O)N2CCC(C3CN([C@H]4[C@@H](Oc5ccc6c(c5)CN(C5CCC(=O)NC5=O)C6=O)CCCC4(F)F)C3)CC2)CC1. The Labute approximate surface area is 250 Å². The second-order valence-electron chi connectivity index (χ2n) is 13.9. The number of ether oxygens (including phenoxy) is 1. The van der Waals surface area contributed by atoms with E-state index in [0.717, 1.165) is 38.8 Å². The Morgan fingerprint density at radius 2 is 1.74 bits per heavy atom. The van der Waals surface area contributed by atoms with Crippen LogP contribution >= 0.6 is 0 Å². The highest BCUT2D eigenvalue weighted by molar-refractivity contribution is 6.05. The lowest BCUT2D eigenvalue weighted by molar-refractivity contribution is -0.173. The second-order valence-corrected chi connectivity index (χ2v) is 13.9. The molecule has 11 heteroatoms. The fraction of sp³-hybridized carbons (Fsp3) is 0.688. The number of fused-ring (bicyclic) bond motifs is 1. The van der Waals surface area contributed by atoms with Gasteiger partial charge < -0.3 is 14.5 Å². The van der Waals surface area contributed by atoms with E-state index in [9.17, 15) is 19.2 Å². The van der Waals surface area contributed by atoms with E-state index in [4.69, 9.17) is 4.74 Å². The van der Waals surface area contributed by atoms with Crippen LogP contribution in [0.4, 0.5) is 8.78 Å². The molecule has 4 heterocycles. The first-order chi connectivity index (χ1) is 20.5. The zero-order valence-corrected chi connectivity index (χ0v) is 24.7. The predicted octanol–water partition coefficient (Wildman–Crippen LogP) is 3.35. The van der Waals surface area contributed by atoms with Crippen LogP contribution in [-0.4, -0.2) is 88.6 Å². The summed E-state index contributed by atoms with van der Waals surface area (Å²) in [5.41, 5.74) is 1.01. The fourth-order valence-electron chi connectivity index (χ4n) is 7.97. The minimum atomic E-state index is -2.86. The number of rotatable bonds is 6. The Bertz CT molecular complexity index is 1330. The lowest BCUT2D eigenvalue weighted by Crippen LogP contribution is -2.66. The number of amides is 4. The predicted molar refractivity (Wildman–Crippen MR) is 151 cm³/mol. The van der Waals surface area contributed by atoms with E-state index in [1.54, 1.807) is 18.2 Å². The molecule has 232 valence electrons. The van der Waals surface area contributed by atoms with Crippen LogP contribution in [0.1, 0.15) is 80.6 Å². The number of hydrogen-bond acceptors (Lipinski definition) is 6. The maximum absolute atomic E-state index is 15.4. The zero-order chi connectivity index (χ0) is 30.1. The summed E-state index contributed by atoms with van der Waals surface area (Å²) >= 11 is 0. The van der Waals surface area contributed by atoms with Crippen molar-refractivity contribution in [3.05, 3.63) is 29.3 Å². The third kappa shape index (κ3) is 5.21. The molecule has 0 aromatic heterocycles. The van der Waals surface area contributed by atoms with Gasteiger partial charge in [0.1, 0.15) is 23.9 Å². The quantitative estimate of drug-likeness (QED) is 0.505. The molecule has 0 spiro atoms. The van der Waals surface area contributed by atoms with Gasteiger partial charge in [-0.25, -0.2) is 8.78 Å². The van der Waals surface area contributed by atoms with Gasteiger partial charge in [0, 0.05) is 56.5 Å². The normalized spacial score (nSPS) is 31.0. The van der Waals surface area contributed by atoms with Gasteiger partial charge in [-0.3, -0.25) is 29.4 Å².